The molecular formula is C25H31N3O4. The van der Waals surface area contributed by atoms with Gasteiger partial charge in [-0.15, -0.1) is 0 Å². The molecule has 3 aromatic rings. The molecule has 2 aromatic heterocycles. The minimum absolute atomic E-state index is 0.0367. The summed E-state index contributed by atoms with van der Waals surface area (Å²) in [6.07, 6.45) is 2.81. The maximum absolute atomic E-state index is 12.6. The molecular weight excluding hydrogens is 406 g/mol. The number of furan rings is 1. The minimum Gasteiger partial charge on any atom is -0.454 e. The number of anilines is 1. The summed E-state index contributed by atoms with van der Waals surface area (Å²) in [7, 11) is 1.52. The molecule has 170 valence electrons. The first-order valence-corrected chi connectivity index (χ1v) is 10.8. The zero-order valence-electron chi connectivity index (χ0n) is 19.2. The van der Waals surface area contributed by atoms with Gasteiger partial charge >= 0.3 is 0 Å². The first kappa shape index (κ1) is 23.3. The number of hydrogen-bond acceptors (Lipinski definition) is 4. The maximum atomic E-state index is 12.6. The highest BCUT2D eigenvalue weighted by molar-refractivity contribution is 6.02. The lowest BCUT2D eigenvalue weighted by Gasteiger charge is -2.22. The molecule has 7 heteroatoms. The Balaban J connectivity index is 1.66. The summed E-state index contributed by atoms with van der Waals surface area (Å²) in [6.45, 7) is 7.77. The van der Waals surface area contributed by atoms with Crippen LogP contribution in [0.5, 0.6) is 0 Å². The van der Waals surface area contributed by atoms with E-state index in [1.165, 1.54) is 12.7 Å². The lowest BCUT2D eigenvalue weighted by molar-refractivity contribution is -0.135. The molecule has 0 fully saturated rings. The van der Waals surface area contributed by atoms with E-state index in [9.17, 15) is 9.59 Å². The Morgan fingerprint density at radius 3 is 2.66 bits per heavy atom. The quantitative estimate of drug-likeness (QED) is 0.511. The first-order chi connectivity index (χ1) is 15.4. The smallest absolute Gasteiger partial charge is 0.291 e. The standard InChI is InChI=1S/C25H31N3O4/c1-5-12-28(24(29)17-31-4)15-21-7-6-13-27(21)16-22-10-11-23(32-22)25(30)26-20-9-8-18(2)19(3)14-20/h6-11,13-14H,5,12,15-17H2,1-4H3,(H,26,30). The van der Waals surface area contributed by atoms with Gasteiger partial charge in [-0.25, -0.2) is 0 Å². The van der Waals surface area contributed by atoms with Crippen molar-refractivity contribution in [2.75, 3.05) is 25.6 Å². The SMILES string of the molecule is CCCN(Cc1cccn1Cc1ccc(C(=O)Nc2ccc(C)c(C)c2)o1)C(=O)COC. The van der Waals surface area contributed by atoms with E-state index in [0.717, 1.165) is 23.4 Å². The van der Waals surface area contributed by atoms with Gasteiger partial charge in [-0.2, -0.15) is 0 Å². The van der Waals surface area contributed by atoms with Crippen molar-refractivity contribution in [3.8, 4) is 0 Å². The number of methoxy groups -OCH3 is 1. The highest BCUT2D eigenvalue weighted by atomic mass is 16.5. The van der Waals surface area contributed by atoms with Crippen LogP contribution >= 0.6 is 0 Å². The fourth-order valence-corrected chi connectivity index (χ4v) is 3.48. The third kappa shape index (κ3) is 5.88. The summed E-state index contributed by atoms with van der Waals surface area (Å²) in [5, 5.41) is 2.88. The number of aromatic nitrogens is 1. The first-order valence-electron chi connectivity index (χ1n) is 10.8. The normalized spacial score (nSPS) is 10.9. The van der Waals surface area contributed by atoms with Crippen LogP contribution in [0.4, 0.5) is 5.69 Å². The Morgan fingerprint density at radius 2 is 1.94 bits per heavy atom. The summed E-state index contributed by atoms with van der Waals surface area (Å²) < 4.78 is 12.8. The van der Waals surface area contributed by atoms with E-state index in [0.29, 0.717) is 25.4 Å². The fraction of sp³-hybridized carbons (Fsp3) is 0.360. The maximum Gasteiger partial charge on any atom is 0.291 e. The Labute approximate surface area is 189 Å². The van der Waals surface area contributed by atoms with Crippen molar-refractivity contribution in [1.82, 2.24) is 9.47 Å². The molecule has 32 heavy (non-hydrogen) atoms. The molecule has 0 radical (unpaired) electrons. The number of amides is 2. The summed E-state index contributed by atoms with van der Waals surface area (Å²) in [6, 6.07) is 13.2. The molecule has 0 aliphatic carbocycles. The Bertz CT molecular complexity index is 1070. The van der Waals surface area contributed by atoms with Crippen molar-refractivity contribution in [2.45, 2.75) is 40.3 Å². The van der Waals surface area contributed by atoms with Crippen LogP contribution in [-0.2, 0) is 22.6 Å². The molecule has 0 saturated heterocycles. The Hall–Kier alpha value is -3.32. The second-order valence-electron chi connectivity index (χ2n) is 7.89. The second kappa shape index (κ2) is 10.8. The van der Waals surface area contributed by atoms with Crippen molar-refractivity contribution < 1.29 is 18.7 Å². The Kier molecular flexibility index (Phi) is 7.89. The molecule has 0 atom stereocenters. The average Bonchev–Trinajstić information content (AvgIpc) is 3.41. The zero-order valence-corrected chi connectivity index (χ0v) is 19.2. The predicted octanol–water partition coefficient (Wildman–Crippen LogP) is 4.38. The van der Waals surface area contributed by atoms with Gasteiger partial charge in [-0.05, 0) is 67.8 Å². The molecule has 7 nitrogen and oxygen atoms in total. The van der Waals surface area contributed by atoms with E-state index >= 15 is 0 Å². The highest BCUT2D eigenvalue weighted by Crippen LogP contribution is 2.18. The molecule has 2 heterocycles. The number of carbonyl (C=O) groups is 2. The summed E-state index contributed by atoms with van der Waals surface area (Å²) in [5.41, 5.74) is 4.01. The molecule has 0 saturated carbocycles. The number of benzene rings is 1. The van der Waals surface area contributed by atoms with Crippen molar-refractivity contribution in [3.63, 3.8) is 0 Å². The van der Waals surface area contributed by atoms with E-state index in [1.54, 1.807) is 17.0 Å². The number of nitrogens with one attached hydrogen (secondary N) is 1. The van der Waals surface area contributed by atoms with Gasteiger partial charge in [-0.3, -0.25) is 9.59 Å². The molecule has 1 aromatic carbocycles. The van der Waals surface area contributed by atoms with Crippen LogP contribution in [0.3, 0.4) is 0 Å². The third-order valence-corrected chi connectivity index (χ3v) is 5.37. The van der Waals surface area contributed by atoms with Gasteiger partial charge in [0.2, 0.25) is 5.91 Å². The fourth-order valence-electron chi connectivity index (χ4n) is 3.48. The van der Waals surface area contributed by atoms with E-state index in [1.807, 2.05) is 61.9 Å². The van der Waals surface area contributed by atoms with Crippen LogP contribution in [0.25, 0.3) is 0 Å². The van der Waals surface area contributed by atoms with E-state index in [4.69, 9.17) is 9.15 Å². The lowest BCUT2D eigenvalue weighted by Crippen LogP contribution is -2.34. The van der Waals surface area contributed by atoms with Gasteiger partial charge in [0, 0.05) is 31.2 Å². The van der Waals surface area contributed by atoms with E-state index in [2.05, 4.69) is 5.32 Å². The van der Waals surface area contributed by atoms with E-state index in [-0.39, 0.29) is 24.2 Å². The number of nitrogens with zero attached hydrogens (tertiary/aromatic N) is 2. The van der Waals surface area contributed by atoms with Crippen molar-refractivity contribution >= 4 is 17.5 Å². The molecule has 0 aliphatic rings. The number of aryl methyl sites for hydroxylation is 2. The topological polar surface area (TPSA) is 76.7 Å². The molecule has 1 N–H and O–H groups in total. The molecule has 0 aliphatic heterocycles. The van der Waals surface area contributed by atoms with Gasteiger partial charge in [0.1, 0.15) is 12.4 Å². The molecule has 0 spiro atoms. The number of rotatable bonds is 10. The third-order valence-electron chi connectivity index (χ3n) is 5.37. The summed E-state index contributed by atoms with van der Waals surface area (Å²) in [4.78, 5) is 26.7. The average molecular weight is 438 g/mol. The van der Waals surface area contributed by atoms with E-state index < -0.39 is 0 Å². The Morgan fingerprint density at radius 1 is 1.12 bits per heavy atom. The zero-order chi connectivity index (χ0) is 23.1. The molecule has 3 rings (SSSR count). The van der Waals surface area contributed by atoms with Gasteiger partial charge in [0.05, 0.1) is 13.1 Å². The summed E-state index contributed by atoms with van der Waals surface area (Å²) >= 11 is 0. The summed E-state index contributed by atoms with van der Waals surface area (Å²) in [5.74, 6) is 0.602. The van der Waals surface area contributed by atoms with Gasteiger partial charge in [0.25, 0.3) is 5.91 Å². The van der Waals surface area contributed by atoms with Gasteiger partial charge in [-0.1, -0.05) is 13.0 Å². The number of hydrogen-bond donors (Lipinski definition) is 1. The van der Waals surface area contributed by atoms with Crippen LogP contribution in [-0.4, -0.2) is 41.5 Å². The predicted molar refractivity (Wildman–Crippen MR) is 124 cm³/mol. The van der Waals surface area contributed by atoms with Crippen LogP contribution in [0.1, 0.15) is 46.5 Å². The molecule has 2 amide bonds. The molecule has 0 bridgehead atoms. The lowest BCUT2D eigenvalue weighted by atomic mass is 10.1. The number of ether oxygens (including phenoxy) is 1. The van der Waals surface area contributed by atoms with Crippen LogP contribution in [0, 0.1) is 13.8 Å². The monoisotopic (exact) mass is 437 g/mol. The highest BCUT2D eigenvalue weighted by Gasteiger charge is 2.16. The van der Waals surface area contributed by atoms with Crippen LogP contribution in [0.2, 0.25) is 0 Å². The largest absolute Gasteiger partial charge is 0.454 e. The van der Waals surface area contributed by atoms with Crippen LogP contribution in [0.15, 0.2) is 53.1 Å². The second-order valence-corrected chi connectivity index (χ2v) is 7.89. The van der Waals surface area contributed by atoms with Crippen molar-refractivity contribution in [1.29, 1.82) is 0 Å². The van der Waals surface area contributed by atoms with Crippen molar-refractivity contribution in [3.05, 3.63) is 77.0 Å². The van der Waals surface area contributed by atoms with Gasteiger partial charge in [0.15, 0.2) is 5.76 Å². The van der Waals surface area contributed by atoms with Gasteiger partial charge < -0.3 is 23.9 Å². The van der Waals surface area contributed by atoms with Crippen LogP contribution < -0.4 is 5.32 Å². The number of carbonyl (C=O) groups excluding carboxylic acids is 2. The van der Waals surface area contributed by atoms with Crippen molar-refractivity contribution in [2.24, 2.45) is 0 Å². The minimum atomic E-state index is -0.286. The molecule has 0 unspecified atom stereocenters.